The van der Waals surface area contributed by atoms with Gasteiger partial charge < -0.3 is 4.42 Å². The van der Waals surface area contributed by atoms with Gasteiger partial charge in [0.2, 0.25) is 5.82 Å². The van der Waals surface area contributed by atoms with Crippen LogP contribution in [0.25, 0.3) is 11.6 Å². The second kappa shape index (κ2) is 5.92. The lowest BCUT2D eigenvalue weighted by atomic mass is 9.84. The summed E-state index contributed by atoms with van der Waals surface area (Å²) in [5.74, 6) is 0.639. The number of furan rings is 1. The van der Waals surface area contributed by atoms with Crippen LogP contribution in [0.15, 0.2) is 28.0 Å². The second-order valence-corrected chi connectivity index (χ2v) is 7.57. The van der Waals surface area contributed by atoms with E-state index >= 15 is 0 Å². The van der Waals surface area contributed by atoms with Crippen LogP contribution in [0.2, 0.25) is 0 Å². The van der Waals surface area contributed by atoms with Crippen molar-refractivity contribution in [2.24, 2.45) is 17.8 Å². The fourth-order valence-electron chi connectivity index (χ4n) is 4.45. The van der Waals surface area contributed by atoms with E-state index in [9.17, 15) is 8.78 Å². The fourth-order valence-corrected chi connectivity index (χ4v) is 5.07. The first-order chi connectivity index (χ1) is 11.1. The van der Waals surface area contributed by atoms with Crippen molar-refractivity contribution in [3.8, 4) is 11.6 Å². The molecule has 2 aliphatic carbocycles. The highest BCUT2D eigenvalue weighted by molar-refractivity contribution is 7.99. The van der Waals surface area contributed by atoms with E-state index in [1.54, 1.807) is 18.4 Å². The third-order valence-corrected chi connectivity index (χ3v) is 6.09. The molecule has 0 N–H and O–H groups in total. The quantitative estimate of drug-likeness (QED) is 0.730. The maximum atomic E-state index is 12.9. The van der Waals surface area contributed by atoms with E-state index in [-0.39, 0.29) is 11.2 Å². The minimum atomic E-state index is -2.50. The fraction of sp³-hybridized carbons (Fsp3) is 0.625. The van der Waals surface area contributed by atoms with Crippen LogP contribution in [0.1, 0.15) is 38.6 Å². The third-order valence-electron chi connectivity index (χ3n) is 5.42. The number of nitrogens with zero attached hydrogens (tertiary/aromatic N) is 3. The molecule has 7 heteroatoms. The molecule has 4 rings (SSSR count). The van der Waals surface area contributed by atoms with Crippen molar-refractivity contribution in [2.75, 3.05) is 0 Å². The van der Waals surface area contributed by atoms with Gasteiger partial charge in [0.15, 0.2) is 10.9 Å². The SMILES string of the molecule is CC(C1CC2CCC1C2)n1c(SC(F)F)nnc1-c1ccco1. The average molecular weight is 339 g/mol. The Morgan fingerprint density at radius 3 is 2.78 bits per heavy atom. The number of hydrogen-bond donors (Lipinski definition) is 0. The molecule has 2 aromatic rings. The molecule has 2 heterocycles. The van der Waals surface area contributed by atoms with Gasteiger partial charge in [0, 0.05) is 6.04 Å². The molecular formula is C16H19F2N3OS. The number of hydrogen-bond acceptors (Lipinski definition) is 4. The molecule has 4 atom stereocenters. The Morgan fingerprint density at radius 1 is 1.30 bits per heavy atom. The summed E-state index contributed by atoms with van der Waals surface area (Å²) in [4.78, 5) is 0. The van der Waals surface area contributed by atoms with Crippen molar-refractivity contribution in [2.45, 2.75) is 49.6 Å². The summed E-state index contributed by atoms with van der Waals surface area (Å²) < 4.78 is 33.1. The summed E-state index contributed by atoms with van der Waals surface area (Å²) >= 11 is 0.465. The second-order valence-electron chi connectivity index (χ2n) is 6.61. The van der Waals surface area contributed by atoms with Crippen molar-refractivity contribution in [1.82, 2.24) is 14.8 Å². The van der Waals surface area contributed by atoms with E-state index in [1.165, 1.54) is 25.7 Å². The molecule has 2 saturated carbocycles. The van der Waals surface area contributed by atoms with Gasteiger partial charge in [-0.2, -0.15) is 8.78 Å². The lowest BCUT2D eigenvalue weighted by Gasteiger charge is -2.30. The van der Waals surface area contributed by atoms with Crippen LogP contribution >= 0.6 is 11.8 Å². The van der Waals surface area contributed by atoms with Gasteiger partial charge in [0.25, 0.3) is 5.76 Å². The van der Waals surface area contributed by atoms with E-state index < -0.39 is 5.76 Å². The first kappa shape index (κ1) is 15.2. The van der Waals surface area contributed by atoms with Gasteiger partial charge in [-0.05, 0) is 67.8 Å². The van der Waals surface area contributed by atoms with Crippen molar-refractivity contribution < 1.29 is 13.2 Å². The highest BCUT2D eigenvalue weighted by atomic mass is 32.2. The zero-order chi connectivity index (χ0) is 16.0. The Labute approximate surface area is 137 Å². The Hall–Kier alpha value is -1.37. The molecule has 4 nitrogen and oxygen atoms in total. The van der Waals surface area contributed by atoms with Crippen molar-refractivity contribution in [1.29, 1.82) is 0 Å². The van der Waals surface area contributed by atoms with Crippen molar-refractivity contribution in [3.05, 3.63) is 18.4 Å². The van der Waals surface area contributed by atoms with E-state index in [1.807, 2.05) is 4.57 Å². The molecule has 0 aliphatic heterocycles. The van der Waals surface area contributed by atoms with Gasteiger partial charge in [-0.3, -0.25) is 4.57 Å². The lowest BCUT2D eigenvalue weighted by Crippen LogP contribution is -2.23. The first-order valence-corrected chi connectivity index (χ1v) is 8.95. The standard InChI is InChI=1S/C16H19F2N3OS/c1-9(12-8-10-4-5-11(12)7-10)21-14(13-3-2-6-22-13)19-20-16(21)23-15(17)18/h2-3,6,9-12,15H,4-5,7-8H2,1H3. The molecule has 4 unspecified atom stereocenters. The smallest absolute Gasteiger partial charge is 0.291 e. The molecule has 2 aromatic heterocycles. The molecule has 0 aromatic carbocycles. The summed E-state index contributed by atoms with van der Waals surface area (Å²) in [6.45, 7) is 2.11. The zero-order valence-corrected chi connectivity index (χ0v) is 13.7. The van der Waals surface area contributed by atoms with Crippen LogP contribution in [0.3, 0.4) is 0 Å². The van der Waals surface area contributed by atoms with E-state index in [0.29, 0.717) is 35.2 Å². The van der Waals surface area contributed by atoms with Gasteiger partial charge in [0.05, 0.1) is 6.26 Å². The van der Waals surface area contributed by atoms with Gasteiger partial charge in [-0.15, -0.1) is 10.2 Å². The summed E-state index contributed by atoms with van der Waals surface area (Å²) in [6.07, 6.45) is 6.61. The van der Waals surface area contributed by atoms with Crippen molar-refractivity contribution >= 4 is 11.8 Å². The van der Waals surface area contributed by atoms with E-state index in [2.05, 4.69) is 17.1 Å². The first-order valence-electron chi connectivity index (χ1n) is 8.07. The molecule has 0 spiro atoms. The van der Waals surface area contributed by atoms with Crippen LogP contribution in [-0.4, -0.2) is 20.5 Å². The normalized spacial score (nSPS) is 27.9. The Kier molecular flexibility index (Phi) is 3.91. The van der Waals surface area contributed by atoms with Gasteiger partial charge in [-0.25, -0.2) is 0 Å². The van der Waals surface area contributed by atoms with Crippen LogP contribution in [0.5, 0.6) is 0 Å². The van der Waals surface area contributed by atoms with Gasteiger partial charge in [0.1, 0.15) is 0 Å². The third kappa shape index (κ3) is 2.69. The predicted molar refractivity (Wildman–Crippen MR) is 83.2 cm³/mol. The predicted octanol–water partition coefficient (Wildman–Crippen LogP) is 4.85. The molecule has 124 valence electrons. The number of rotatable bonds is 5. The molecule has 2 bridgehead atoms. The molecule has 0 amide bonds. The lowest BCUT2D eigenvalue weighted by molar-refractivity contribution is 0.231. The summed E-state index contributed by atoms with van der Waals surface area (Å²) in [5.41, 5.74) is 0. The summed E-state index contributed by atoms with van der Waals surface area (Å²) in [7, 11) is 0. The molecule has 0 saturated heterocycles. The number of fused-ring (bicyclic) bond motifs is 2. The highest BCUT2D eigenvalue weighted by Gasteiger charge is 2.43. The number of halogens is 2. The Balaban J connectivity index is 1.71. The topological polar surface area (TPSA) is 43.9 Å². The Bertz CT molecular complexity index is 673. The molecule has 2 aliphatic rings. The minimum absolute atomic E-state index is 0.0987. The van der Waals surface area contributed by atoms with Gasteiger partial charge in [-0.1, -0.05) is 6.42 Å². The van der Waals surface area contributed by atoms with E-state index in [0.717, 1.165) is 5.92 Å². The van der Waals surface area contributed by atoms with Crippen LogP contribution in [-0.2, 0) is 0 Å². The zero-order valence-electron chi connectivity index (χ0n) is 12.9. The molecule has 23 heavy (non-hydrogen) atoms. The maximum absolute atomic E-state index is 12.9. The monoisotopic (exact) mass is 339 g/mol. The van der Waals surface area contributed by atoms with E-state index in [4.69, 9.17) is 4.42 Å². The average Bonchev–Trinajstić information content (AvgIpc) is 3.29. The maximum Gasteiger partial charge on any atom is 0.291 e. The Morgan fingerprint density at radius 2 is 2.17 bits per heavy atom. The molecular weight excluding hydrogens is 320 g/mol. The number of alkyl halides is 2. The van der Waals surface area contributed by atoms with Crippen LogP contribution in [0, 0.1) is 17.8 Å². The van der Waals surface area contributed by atoms with Crippen LogP contribution in [0.4, 0.5) is 8.78 Å². The summed E-state index contributed by atoms with van der Waals surface area (Å²) in [5, 5.41) is 8.41. The minimum Gasteiger partial charge on any atom is -0.461 e. The van der Waals surface area contributed by atoms with Crippen LogP contribution < -0.4 is 0 Å². The van der Waals surface area contributed by atoms with Crippen molar-refractivity contribution in [3.63, 3.8) is 0 Å². The highest BCUT2D eigenvalue weighted by Crippen LogP contribution is 2.53. The summed E-state index contributed by atoms with van der Waals surface area (Å²) in [6, 6.07) is 3.67. The molecule has 2 fully saturated rings. The largest absolute Gasteiger partial charge is 0.461 e. The number of thioether (sulfide) groups is 1. The molecule has 0 radical (unpaired) electrons. The van der Waals surface area contributed by atoms with Gasteiger partial charge >= 0.3 is 0 Å². The number of aromatic nitrogens is 3.